The number of carbonyl (C=O) groups excluding carboxylic acids is 1. The molecule has 5 rings (SSSR count). The summed E-state index contributed by atoms with van der Waals surface area (Å²) < 4.78 is 6.35. The third-order valence-corrected chi connectivity index (χ3v) is 6.84. The third kappa shape index (κ3) is 3.64. The number of rotatable bonds is 5. The summed E-state index contributed by atoms with van der Waals surface area (Å²) in [5.41, 5.74) is 1.22. The maximum Gasteiger partial charge on any atom is 0.257 e. The molecule has 2 fully saturated rings. The predicted octanol–water partition coefficient (Wildman–Crippen LogP) is 2.94. The van der Waals surface area contributed by atoms with Crippen LogP contribution in [0.25, 0.3) is 0 Å². The first-order chi connectivity index (χ1) is 14.7. The van der Waals surface area contributed by atoms with Crippen molar-refractivity contribution in [3.63, 3.8) is 0 Å². The lowest BCUT2D eigenvalue weighted by Crippen LogP contribution is -2.59. The molecule has 0 aromatic carbocycles. The van der Waals surface area contributed by atoms with E-state index in [0.29, 0.717) is 26.2 Å². The Kier molecular flexibility index (Phi) is 5.33. The Labute approximate surface area is 180 Å². The van der Waals surface area contributed by atoms with Gasteiger partial charge >= 0.3 is 0 Å². The molecule has 30 heavy (non-hydrogen) atoms. The molecule has 154 valence electrons. The summed E-state index contributed by atoms with van der Waals surface area (Å²) >= 11 is 1.75. The molecule has 7 heteroatoms. The highest BCUT2D eigenvalue weighted by Crippen LogP contribution is 2.42. The topological polar surface area (TPSA) is 58.6 Å². The Hall–Kier alpha value is -2.61. The molecule has 0 aliphatic carbocycles. The summed E-state index contributed by atoms with van der Waals surface area (Å²) in [6.45, 7) is 3.89. The molecule has 0 saturated carbocycles. The van der Waals surface area contributed by atoms with Gasteiger partial charge in [0.05, 0.1) is 6.61 Å². The molecule has 0 N–H and O–H groups in total. The number of ether oxygens (including phenoxy) is 1. The monoisotopic (exact) mass is 420 g/mol. The number of pyridine rings is 2. The van der Waals surface area contributed by atoms with Gasteiger partial charge in [-0.3, -0.25) is 19.7 Å². The number of thiophene rings is 1. The van der Waals surface area contributed by atoms with Crippen molar-refractivity contribution in [2.45, 2.75) is 24.6 Å². The van der Waals surface area contributed by atoms with E-state index in [-0.39, 0.29) is 11.8 Å². The number of hydrogen-bond acceptors (Lipinski definition) is 6. The fourth-order valence-corrected chi connectivity index (χ4v) is 5.35. The van der Waals surface area contributed by atoms with Crippen LogP contribution in [0.4, 0.5) is 0 Å². The number of aromatic nitrogens is 2. The second-order valence-corrected chi connectivity index (χ2v) is 8.95. The Morgan fingerprint density at radius 1 is 1.10 bits per heavy atom. The van der Waals surface area contributed by atoms with Crippen LogP contribution in [-0.4, -0.2) is 57.5 Å². The second kappa shape index (κ2) is 8.26. The smallest absolute Gasteiger partial charge is 0.257 e. The van der Waals surface area contributed by atoms with E-state index in [1.54, 1.807) is 23.7 Å². The third-order valence-electron chi connectivity index (χ3n) is 5.97. The van der Waals surface area contributed by atoms with Crippen LogP contribution >= 0.6 is 11.3 Å². The van der Waals surface area contributed by atoms with Crippen LogP contribution in [0.3, 0.4) is 0 Å². The fraction of sp³-hybridized carbons (Fsp3) is 0.348. The predicted molar refractivity (Wildman–Crippen MR) is 115 cm³/mol. The maximum atomic E-state index is 13.8. The zero-order valence-electron chi connectivity index (χ0n) is 16.7. The molecule has 0 bridgehead atoms. The summed E-state index contributed by atoms with van der Waals surface area (Å²) in [4.78, 5) is 27.9. The first-order valence-electron chi connectivity index (χ1n) is 10.2. The van der Waals surface area contributed by atoms with Crippen LogP contribution < -0.4 is 0 Å². The first-order valence-corrected chi connectivity index (χ1v) is 11.1. The number of carbonyl (C=O) groups is 1. The van der Waals surface area contributed by atoms with Crippen LogP contribution in [0.15, 0.2) is 66.6 Å². The lowest BCUT2D eigenvalue weighted by atomic mass is 9.83. The van der Waals surface area contributed by atoms with Gasteiger partial charge in [0.25, 0.3) is 5.91 Å². The highest BCUT2D eigenvalue weighted by atomic mass is 32.1. The molecule has 2 aliphatic rings. The molecule has 2 atom stereocenters. The second-order valence-electron chi connectivity index (χ2n) is 7.91. The van der Waals surface area contributed by atoms with Crippen molar-refractivity contribution in [2.24, 2.45) is 0 Å². The summed E-state index contributed by atoms with van der Waals surface area (Å²) in [5.74, 6) is 0.0236. The van der Waals surface area contributed by atoms with Gasteiger partial charge in [-0.15, -0.1) is 11.3 Å². The van der Waals surface area contributed by atoms with Gasteiger partial charge in [-0.05, 0) is 34.7 Å². The van der Waals surface area contributed by atoms with Crippen LogP contribution in [0.5, 0.6) is 0 Å². The standard InChI is InChI=1S/C23H24N4O2S/c28-22-23(29-10-9-27(22)14-18-4-1-7-24-12-18)17-26(15-20-6-3-11-30-20)16-21(23)19-5-2-8-25-13-19/h1-8,11-13,21H,9-10,14-17H2. The highest BCUT2D eigenvalue weighted by molar-refractivity contribution is 7.09. The molecular formula is C23H24N4O2S. The van der Waals surface area contributed by atoms with Crippen LogP contribution in [0.1, 0.15) is 21.9 Å². The first kappa shape index (κ1) is 19.4. The zero-order chi connectivity index (χ0) is 20.4. The Bertz CT molecular complexity index is 983. The van der Waals surface area contributed by atoms with Crippen molar-refractivity contribution in [3.8, 4) is 0 Å². The minimum atomic E-state index is -0.874. The van der Waals surface area contributed by atoms with E-state index >= 15 is 0 Å². The molecule has 2 aliphatic heterocycles. The quantitative estimate of drug-likeness (QED) is 0.635. The van der Waals surface area contributed by atoms with Crippen molar-refractivity contribution < 1.29 is 9.53 Å². The molecule has 6 nitrogen and oxygen atoms in total. The van der Waals surface area contributed by atoms with E-state index in [1.807, 2.05) is 35.5 Å². The van der Waals surface area contributed by atoms with Gasteiger partial charge in [0, 0.05) is 68.3 Å². The molecule has 1 amide bonds. The van der Waals surface area contributed by atoms with Crippen molar-refractivity contribution in [2.75, 3.05) is 26.2 Å². The number of amides is 1. The summed E-state index contributed by atoms with van der Waals surface area (Å²) in [5, 5.41) is 2.09. The molecule has 2 saturated heterocycles. The van der Waals surface area contributed by atoms with Crippen molar-refractivity contribution >= 4 is 17.2 Å². The molecule has 3 aromatic heterocycles. The lowest BCUT2D eigenvalue weighted by molar-refractivity contribution is -0.173. The average molecular weight is 421 g/mol. The van der Waals surface area contributed by atoms with Gasteiger partial charge in [-0.1, -0.05) is 18.2 Å². The van der Waals surface area contributed by atoms with E-state index in [0.717, 1.165) is 24.2 Å². The SMILES string of the molecule is O=C1N(Cc2cccnc2)CCOC12CN(Cc1cccs1)CC2c1cccnc1. The minimum absolute atomic E-state index is 0.0460. The molecule has 1 spiro atoms. The molecular weight excluding hydrogens is 396 g/mol. The van der Waals surface area contributed by atoms with Gasteiger partial charge in [0.15, 0.2) is 5.60 Å². The van der Waals surface area contributed by atoms with Gasteiger partial charge in [0.1, 0.15) is 0 Å². The number of morpholine rings is 1. The molecule has 2 unspecified atom stereocenters. The zero-order valence-corrected chi connectivity index (χ0v) is 17.5. The maximum absolute atomic E-state index is 13.8. The van der Waals surface area contributed by atoms with Gasteiger partial charge in [0.2, 0.25) is 0 Å². The lowest BCUT2D eigenvalue weighted by Gasteiger charge is -2.42. The van der Waals surface area contributed by atoms with Crippen molar-refractivity contribution in [1.29, 1.82) is 0 Å². The van der Waals surface area contributed by atoms with Crippen molar-refractivity contribution in [3.05, 3.63) is 82.6 Å². The molecule has 0 radical (unpaired) electrons. The fourth-order valence-electron chi connectivity index (χ4n) is 4.61. The van der Waals surface area contributed by atoms with Crippen LogP contribution in [0.2, 0.25) is 0 Å². The molecule has 5 heterocycles. The summed E-state index contributed by atoms with van der Waals surface area (Å²) in [6.07, 6.45) is 7.22. The summed E-state index contributed by atoms with van der Waals surface area (Å²) in [7, 11) is 0. The van der Waals surface area contributed by atoms with Crippen molar-refractivity contribution in [1.82, 2.24) is 19.8 Å². The minimum Gasteiger partial charge on any atom is -0.361 e. The van der Waals surface area contributed by atoms with E-state index in [1.165, 1.54) is 4.88 Å². The Morgan fingerprint density at radius 2 is 1.97 bits per heavy atom. The van der Waals surface area contributed by atoms with Gasteiger partial charge in [-0.2, -0.15) is 0 Å². The normalized spacial score (nSPS) is 24.6. The van der Waals surface area contributed by atoms with E-state index in [9.17, 15) is 4.79 Å². The molecule has 3 aromatic rings. The van der Waals surface area contributed by atoms with Crippen LogP contribution in [-0.2, 0) is 22.6 Å². The number of likely N-dealkylation sites (tertiary alicyclic amines) is 1. The van der Waals surface area contributed by atoms with E-state index in [4.69, 9.17) is 4.74 Å². The number of hydrogen-bond donors (Lipinski definition) is 0. The van der Waals surface area contributed by atoms with Crippen LogP contribution in [0, 0.1) is 0 Å². The van der Waals surface area contributed by atoms with Gasteiger partial charge in [-0.25, -0.2) is 0 Å². The largest absolute Gasteiger partial charge is 0.361 e. The van der Waals surface area contributed by atoms with E-state index in [2.05, 4.69) is 38.4 Å². The van der Waals surface area contributed by atoms with Gasteiger partial charge < -0.3 is 9.64 Å². The Morgan fingerprint density at radius 3 is 2.70 bits per heavy atom. The highest BCUT2D eigenvalue weighted by Gasteiger charge is 2.57. The average Bonchev–Trinajstić information content (AvgIpc) is 3.42. The van der Waals surface area contributed by atoms with E-state index < -0.39 is 5.60 Å². The Balaban J connectivity index is 1.45. The number of nitrogens with zero attached hydrogens (tertiary/aromatic N) is 4. The summed E-state index contributed by atoms with van der Waals surface area (Å²) in [6, 6.07) is 12.1.